The number of rotatable bonds is 4. The van der Waals surface area contributed by atoms with Crippen molar-refractivity contribution in [3.8, 4) is 0 Å². The van der Waals surface area contributed by atoms with Gasteiger partial charge in [0, 0.05) is 13.0 Å². The second-order valence-electron chi connectivity index (χ2n) is 7.98. The maximum absolute atomic E-state index is 13.3. The highest BCUT2D eigenvalue weighted by molar-refractivity contribution is 5.96. The molecule has 1 N–H and O–H groups in total. The first kappa shape index (κ1) is 18.5. The van der Waals surface area contributed by atoms with Gasteiger partial charge in [-0.1, -0.05) is 61.5 Å². The van der Waals surface area contributed by atoms with Gasteiger partial charge in [0.15, 0.2) is 11.5 Å². The zero-order chi connectivity index (χ0) is 19.7. The second kappa shape index (κ2) is 7.27. The molecule has 4 heteroatoms. The van der Waals surface area contributed by atoms with Crippen molar-refractivity contribution in [2.24, 2.45) is 11.3 Å². The zero-order valence-corrected chi connectivity index (χ0v) is 16.3. The molecular formula is C24H25NO3. The maximum Gasteiger partial charge on any atom is 0.227 e. The summed E-state index contributed by atoms with van der Waals surface area (Å²) in [7, 11) is 1.50. The van der Waals surface area contributed by atoms with Crippen molar-refractivity contribution < 1.29 is 14.3 Å². The first-order valence-corrected chi connectivity index (χ1v) is 9.71. The number of carbonyl (C=O) groups is 2. The van der Waals surface area contributed by atoms with Crippen LogP contribution in [-0.4, -0.2) is 18.8 Å². The van der Waals surface area contributed by atoms with Gasteiger partial charge in [-0.25, -0.2) is 0 Å². The normalized spacial score (nSPS) is 25.9. The highest BCUT2D eigenvalue weighted by atomic mass is 16.5. The topological polar surface area (TPSA) is 55.4 Å². The Hall–Kier alpha value is -2.88. The summed E-state index contributed by atoms with van der Waals surface area (Å²) in [6.07, 6.45) is 2.89. The predicted octanol–water partition coefficient (Wildman–Crippen LogP) is 3.77. The van der Waals surface area contributed by atoms with E-state index in [0.29, 0.717) is 18.7 Å². The van der Waals surface area contributed by atoms with Crippen LogP contribution >= 0.6 is 0 Å². The van der Waals surface area contributed by atoms with Crippen molar-refractivity contribution >= 4 is 11.7 Å². The van der Waals surface area contributed by atoms with Gasteiger partial charge in [0.1, 0.15) is 0 Å². The van der Waals surface area contributed by atoms with Crippen LogP contribution in [0.2, 0.25) is 0 Å². The van der Waals surface area contributed by atoms with Crippen LogP contribution in [0.5, 0.6) is 0 Å². The number of methoxy groups -OCH3 is 1. The number of benzene rings is 2. The maximum atomic E-state index is 13.3. The van der Waals surface area contributed by atoms with Gasteiger partial charge in [0.25, 0.3) is 0 Å². The molecule has 4 nitrogen and oxygen atoms in total. The van der Waals surface area contributed by atoms with E-state index in [4.69, 9.17) is 4.74 Å². The minimum Gasteiger partial charge on any atom is -0.493 e. The Kier molecular flexibility index (Phi) is 4.80. The number of hydrogen-bond acceptors (Lipinski definition) is 3. The Morgan fingerprint density at radius 3 is 2.61 bits per heavy atom. The van der Waals surface area contributed by atoms with E-state index in [1.807, 2.05) is 42.5 Å². The number of amides is 1. The molecule has 0 saturated heterocycles. The second-order valence-corrected chi connectivity index (χ2v) is 7.98. The van der Waals surface area contributed by atoms with Gasteiger partial charge >= 0.3 is 0 Å². The molecule has 2 aromatic rings. The van der Waals surface area contributed by atoms with Crippen LogP contribution < -0.4 is 5.32 Å². The van der Waals surface area contributed by atoms with Crippen LogP contribution in [0.1, 0.15) is 36.0 Å². The molecule has 0 spiro atoms. The third kappa shape index (κ3) is 3.13. The van der Waals surface area contributed by atoms with Crippen LogP contribution in [0.25, 0.3) is 0 Å². The first-order chi connectivity index (χ1) is 13.5. The Morgan fingerprint density at radius 2 is 1.86 bits per heavy atom. The van der Waals surface area contributed by atoms with Crippen molar-refractivity contribution in [3.63, 3.8) is 0 Å². The number of nitrogens with one attached hydrogen (secondary N) is 1. The quantitative estimate of drug-likeness (QED) is 0.885. The van der Waals surface area contributed by atoms with Gasteiger partial charge in [-0.05, 0) is 40.5 Å². The van der Waals surface area contributed by atoms with Crippen LogP contribution in [0, 0.1) is 11.3 Å². The van der Waals surface area contributed by atoms with E-state index in [9.17, 15) is 9.59 Å². The first-order valence-electron chi connectivity index (χ1n) is 9.71. The van der Waals surface area contributed by atoms with E-state index in [0.717, 1.165) is 12.0 Å². The molecule has 0 aliphatic heterocycles. The standard InChI is InChI=1S/C24H25NO3/c1-24-14-17-10-6-7-11-18(17)19(24)12-21(26)22(28-2)13-20(24)23(27)25-15-16-8-4-3-5-9-16/h3-11,13,19-20H,12,14-15H2,1-2H3,(H,25,27)/t19-,20-,24?/m1/s1. The van der Waals surface area contributed by atoms with Crippen LogP contribution in [0.4, 0.5) is 0 Å². The van der Waals surface area contributed by atoms with E-state index >= 15 is 0 Å². The Bertz CT molecular complexity index is 934. The van der Waals surface area contributed by atoms with Gasteiger partial charge in [-0.2, -0.15) is 0 Å². The SMILES string of the molecule is COC1=C[C@H](C(=O)NCc2ccccc2)C2(C)Cc3ccccc3[C@H]2CC1=O. The zero-order valence-electron chi connectivity index (χ0n) is 16.3. The fourth-order valence-corrected chi connectivity index (χ4v) is 4.77. The van der Waals surface area contributed by atoms with E-state index in [-0.39, 0.29) is 23.0 Å². The summed E-state index contributed by atoms with van der Waals surface area (Å²) in [5.74, 6) is -0.224. The number of carbonyl (C=O) groups excluding carboxylic acids is 2. The van der Waals surface area contributed by atoms with Crippen molar-refractivity contribution in [2.75, 3.05) is 7.11 Å². The number of ether oxygens (including phenoxy) is 1. The molecular weight excluding hydrogens is 350 g/mol. The lowest BCUT2D eigenvalue weighted by molar-refractivity contribution is -0.127. The largest absolute Gasteiger partial charge is 0.493 e. The monoisotopic (exact) mass is 375 g/mol. The Balaban J connectivity index is 1.67. The van der Waals surface area contributed by atoms with E-state index in [1.165, 1.54) is 18.2 Å². The van der Waals surface area contributed by atoms with Crippen molar-refractivity contribution in [1.29, 1.82) is 0 Å². The van der Waals surface area contributed by atoms with Gasteiger partial charge in [0.05, 0.1) is 13.0 Å². The molecule has 0 fully saturated rings. The van der Waals surface area contributed by atoms with Crippen LogP contribution in [-0.2, 0) is 27.3 Å². The summed E-state index contributed by atoms with van der Waals surface area (Å²) in [5.41, 5.74) is 3.11. The third-order valence-corrected chi connectivity index (χ3v) is 6.30. The molecule has 0 saturated carbocycles. The number of allylic oxidation sites excluding steroid dienone is 1. The number of ketones is 1. The minimum absolute atomic E-state index is 0.00701. The van der Waals surface area contributed by atoms with Crippen LogP contribution in [0.3, 0.4) is 0 Å². The van der Waals surface area contributed by atoms with Gasteiger partial charge in [0.2, 0.25) is 5.91 Å². The van der Waals surface area contributed by atoms with Gasteiger partial charge in [-0.3, -0.25) is 9.59 Å². The van der Waals surface area contributed by atoms with Crippen molar-refractivity contribution in [1.82, 2.24) is 5.32 Å². The highest BCUT2D eigenvalue weighted by Gasteiger charge is 2.52. The summed E-state index contributed by atoms with van der Waals surface area (Å²) in [5, 5.41) is 3.07. The Labute approximate surface area is 165 Å². The van der Waals surface area contributed by atoms with Gasteiger partial charge in [-0.15, -0.1) is 0 Å². The molecule has 28 heavy (non-hydrogen) atoms. The third-order valence-electron chi connectivity index (χ3n) is 6.30. The van der Waals surface area contributed by atoms with Crippen molar-refractivity contribution in [3.05, 3.63) is 83.1 Å². The van der Waals surface area contributed by atoms with E-state index < -0.39 is 5.92 Å². The number of hydrogen-bond donors (Lipinski definition) is 1. The summed E-state index contributed by atoms with van der Waals surface area (Å²) in [6, 6.07) is 18.1. The molecule has 0 aromatic heterocycles. The Morgan fingerprint density at radius 1 is 1.14 bits per heavy atom. The molecule has 2 aliphatic carbocycles. The molecule has 2 aliphatic rings. The molecule has 0 radical (unpaired) electrons. The fourth-order valence-electron chi connectivity index (χ4n) is 4.77. The lowest BCUT2D eigenvalue weighted by atomic mass is 9.67. The number of Topliss-reactive ketones (excluding diaryl/α,β-unsaturated/α-hetero) is 1. The summed E-state index contributed by atoms with van der Waals surface area (Å²) >= 11 is 0. The molecule has 0 bridgehead atoms. The molecule has 0 heterocycles. The van der Waals surface area contributed by atoms with E-state index in [2.05, 4.69) is 24.4 Å². The van der Waals surface area contributed by atoms with Gasteiger partial charge < -0.3 is 10.1 Å². The lowest BCUT2D eigenvalue weighted by Gasteiger charge is -2.35. The molecule has 4 rings (SSSR count). The summed E-state index contributed by atoms with van der Waals surface area (Å²) in [4.78, 5) is 26.0. The smallest absolute Gasteiger partial charge is 0.227 e. The average Bonchev–Trinajstić information content (AvgIpc) is 2.94. The lowest BCUT2D eigenvalue weighted by Crippen LogP contribution is -2.41. The fraction of sp³-hybridized carbons (Fsp3) is 0.333. The summed E-state index contributed by atoms with van der Waals surface area (Å²) in [6.45, 7) is 2.60. The molecule has 1 unspecified atom stereocenters. The number of fused-ring (bicyclic) bond motifs is 3. The molecule has 2 aromatic carbocycles. The van der Waals surface area contributed by atoms with Crippen molar-refractivity contribution in [2.45, 2.75) is 32.2 Å². The molecule has 144 valence electrons. The van der Waals surface area contributed by atoms with Crippen LogP contribution in [0.15, 0.2) is 66.4 Å². The van der Waals surface area contributed by atoms with E-state index in [1.54, 1.807) is 6.08 Å². The summed E-state index contributed by atoms with van der Waals surface area (Å²) < 4.78 is 5.36. The minimum atomic E-state index is -0.435. The highest BCUT2D eigenvalue weighted by Crippen LogP contribution is 2.55. The molecule has 3 atom stereocenters. The molecule has 1 amide bonds. The predicted molar refractivity (Wildman–Crippen MR) is 107 cm³/mol. The average molecular weight is 375 g/mol.